The fourth-order valence-electron chi connectivity index (χ4n) is 5.28. The first-order valence-corrected chi connectivity index (χ1v) is 14.5. The van der Waals surface area contributed by atoms with Crippen LogP contribution in [-0.4, -0.2) is 85.4 Å². The van der Waals surface area contributed by atoms with Gasteiger partial charge in [-0.15, -0.1) is 0 Å². The first-order valence-electron chi connectivity index (χ1n) is 14.5. The monoisotopic (exact) mass is 568 g/mol. The highest BCUT2D eigenvalue weighted by Crippen LogP contribution is 2.34. The lowest BCUT2D eigenvalue weighted by Crippen LogP contribution is -2.58. The van der Waals surface area contributed by atoms with Crippen molar-refractivity contribution in [2.24, 2.45) is 5.41 Å². The van der Waals surface area contributed by atoms with Gasteiger partial charge in [0.15, 0.2) is 0 Å². The highest BCUT2D eigenvalue weighted by atomic mass is 16.2. The Morgan fingerprint density at radius 1 is 0.927 bits per heavy atom. The predicted molar refractivity (Wildman–Crippen MR) is 165 cm³/mol. The molecule has 2 heterocycles. The Hall–Kier alpha value is -3.66. The fourth-order valence-corrected chi connectivity index (χ4v) is 5.28. The van der Waals surface area contributed by atoms with Crippen molar-refractivity contribution in [2.45, 2.75) is 78.6 Å². The molecule has 226 valence electrons. The van der Waals surface area contributed by atoms with Crippen molar-refractivity contribution in [3.63, 3.8) is 0 Å². The second kappa shape index (κ2) is 15.4. The molecule has 0 saturated carbocycles. The van der Waals surface area contributed by atoms with Crippen LogP contribution in [-0.2, 0) is 14.4 Å². The van der Waals surface area contributed by atoms with Gasteiger partial charge in [0.05, 0.1) is 18.1 Å². The third-order valence-corrected chi connectivity index (χ3v) is 7.56. The summed E-state index contributed by atoms with van der Waals surface area (Å²) in [5, 5.41) is 13.4. The summed E-state index contributed by atoms with van der Waals surface area (Å²) in [6, 6.07) is 12.8. The summed E-state index contributed by atoms with van der Waals surface area (Å²) in [6.45, 7) is 12.9. The maximum Gasteiger partial charge on any atom is 0.317 e. The number of anilines is 1. The van der Waals surface area contributed by atoms with Gasteiger partial charge in [0.1, 0.15) is 6.04 Å². The maximum absolute atomic E-state index is 13.3. The van der Waals surface area contributed by atoms with Crippen LogP contribution in [0.4, 0.5) is 10.5 Å². The van der Waals surface area contributed by atoms with E-state index in [9.17, 15) is 19.2 Å². The Bertz CT molecular complexity index is 1180. The zero-order valence-electron chi connectivity index (χ0n) is 25.8. The number of likely N-dealkylation sites (N-methyl/N-ethyl adjacent to an activating group) is 1. The number of benzene rings is 2. The van der Waals surface area contributed by atoms with Crippen molar-refractivity contribution in [1.82, 2.24) is 25.8 Å². The molecular weight excluding hydrogens is 520 g/mol. The van der Waals surface area contributed by atoms with Crippen molar-refractivity contribution in [3.05, 3.63) is 42.5 Å². The number of hydrogen-bond acceptors (Lipinski definition) is 5. The Balaban J connectivity index is 0.000000326. The summed E-state index contributed by atoms with van der Waals surface area (Å²) in [5.41, 5.74) is 0.449. The van der Waals surface area contributed by atoms with Crippen LogP contribution in [0.25, 0.3) is 10.8 Å². The van der Waals surface area contributed by atoms with Crippen molar-refractivity contribution in [2.75, 3.05) is 32.5 Å². The number of carbonyl (C=O) groups excluding carboxylic acids is 4. The first kappa shape index (κ1) is 33.5. The summed E-state index contributed by atoms with van der Waals surface area (Å²) < 4.78 is 0. The van der Waals surface area contributed by atoms with Crippen LogP contribution >= 0.6 is 0 Å². The Morgan fingerprint density at radius 3 is 2.10 bits per heavy atom. The number of nitrogens with one attached hydrogen (secondary N) is 4. The third-order valence-electron chi connectivity index (χ3n) is 7.56. The van der Waals surface area contributed by atoms with Crippen LogP contribution in [0.5, 0.6) is 0 Å². The van der Waals surface area contributed by atoms with Gasteiger partial charge in [-0.25, -0.2) is 4.79 Å². The average Bonchev–Trinajstić information content (AvgIpc) is 3.58. The lowest BCUT2D eigenvalue weighted by molar-refractivity contribution is -0.140. The zero-order valence-corrected chi connectivity index (χ0v) is 25.8. The van der Waals surface area contributed by atoms with E-state index in [2.05, 4.69) is 21.3 Å². The molecule has 10 nitrogen and oxygen atoms in total. The normalized spacial score (nSPS) is 19.0. The molecule has 41 heavy (non-hydrogen) atoms. The molecule has 0 spiro atoms. The van der Waals surface area contributed by atoms with Crippen LogP contribution in [0.1, 0.15) is 54.4 Å². The molecule has 4 rings (SSSR count). The van der Waals surface area contributed by atoms with Crippen molar-refractivity contribution >= 4 is 40.7 Å². The van der Waals surface area contributed by atoms with Gasteiger partial charge in [0.25, 0.3) is 0 Å². The second-order valence-electron chi connectivity index (χ2n) is 11.1. The van der Waals surface area contributed by atoms with Crippen LogP contribution in [0, 0.1) is 5.41 Å². The highest BCUT2D eigenvalue weighted by Gasteiger charge is 2.48. The standard InChI is InChI=1S/C18H33N5O3.C11H9NO.C2H6/c1-11(19-5)15(24)21-14(18(2,3)4)16(25)22-9-7-13-12(22)8-10-23(13)17(26)20-6;13-8-12-11-7-3-5-9-4-1-2-6-10(9)11;1-2/h11-14,19H,7-10H2,1-6H3,(H,20,26)(H,21,24);1-8H,(H,12,13);1-2H3/t11-,12?,13?,14?;;/m0../s1. The quantitative estimate of drug-likeness (QED) is 0.397. The molecule has 2 aromatic rings. The summed E-state index contributed by atoms with van der Waals surface area (Å²) in [5.74, 6) is -0.240. The minimum atomic E-state index is -0.599. The van der Waals surface area contributed by atoms with Crippen LogP contribution in [0.2, 0.25) is 0 Å². The Labute approximate surface area is 244 Å². The van der Waals surface area contributed by atoms with Gasteiger partial charge in [-0.1, -0.05) is 71.0 Å². The van der Waals surface area contributed by atoms with Gasteiger partial charge in [-0.3, -0.25) is 14.4 Å². The molecule has 0 radical (unpaired) electrons. The van der Waals surface area contributed by atoms with E-state index < -0.39 is 11.5 Å². The molecular formula is C31H48N6O4. The summed E-state index contributed by atoms with van der Waals surface area (Å²) >= 11 is 0. The molecule has 2 aromatic carbocycles. The van der Waals surface area contributed by atoms with Gasteiger partial charge in [0.2, 0.25) is 18.2 Å². The smallest absolute Gasteiger partial charge is 0.317 e. The fraction of sp³-hybridized carbons (Fsp3) is 0.548. The molecule has 2 saturated heterocycles. The summed E-state index contributed by atoms with van der Waals surface area (Å²) in [7, 11) is 3.34. The molecule has 2 aliphatic rings. The molecule has 10 heteroatoms. The number of nitrogens with zero attached hydrogens (tertiary/aromatic N) is 2. The summed E-state index contributed by atoms with van der Waals surface area (Å²) in [4.78, 5) is 51.7. The molecule has 5 amide bonds. The van der Waals surface area contributed by atoms with Gasteiger partial charge < -0.3 is 31.1 Å². The van der Waals surface area contributed by atoms with E-state index in [-0.39, 0.29) is 36.0 Å². The van der Waals surface area contributed by atoms with E-state index in [1.165, 1.54) is 0 Å². The van der Waals surface area contributed by atoms with E-state index in [0.717, 1.165) is 29.3 Å². The van der Waals surface area contributed by atoms with Crippen LogP contribution in [0.15, 0.2) is 42.5 Å². The summed E-state index contributed by atoms with van der Waals surface area (Å²) in [6.07, 6.45) is 2.25. The Kier molecular flexibility index (Phi) is 12.6. The maximum atomic E-state index is 13.3. The predicted octanol–water partition coefficient (Wildman–Crippen LogP) is 3.57. The number of hydrogen-bond donors (Lipinski definition) is 4. The number of amides is 5. The van der Waals surface area contributed by atoms with Gasteiger partial charge in [0, 0.05) is 31.2 Å². The van der Waals surface area contributed by atoms with Gasteiger partial charge >= 0.3 is 6.03 Å². The molecule has 4 N–H and O–H groups in total. The lowest BCUT2D eigenvalue weighted by atomic mass is 9.85. The lowest BCUT2D eigenvalue weighted by Gasteiger charge is -2.36. The molecule has 3 unspecified atom stereocenters. The van der Waals surface area contributed by atoms with Crippen LogP contribution < -0.4 is 21.3 Å². The van der Waals surface area contributed by atoms with Crippen molar-refractivity contribution in [1.29, 1.82) is 0 Å². The number of carbonyl (C=O) groups is 4. The number of fused-ring (bicyclic) bond motifs is 2. The molecule has 2 aliphatic heterocycles. The van der Waals surface area contributed by atoms with Gasteiger partial charge in [-0.2, -0.15) is 0 Å². The van der Waals surface area contributed by atoms with Crippen molar-refractivity contribution in [3.8, 4) is 0 Å². The molecule has 0 aromatic heterocycles. The average molecular weight is 569 g/mol. The van der Waals surface area contributed by atoms with Gasteiger partial charge in [-0.05, 0) is 43.7 Å². The van der Waals surface area contributed by atoms with Crippen molar-refractivity contribution < 1.29 is 19.2 Å². The van der Waals surface area contributed by atoms with E-state index in [0.29, 0.717) is 19.5 Å². The second-order valence-corrected chi connectivity index (χ2v) is 11.1. The first-order chi connectivity index (χ1) is 19.5. The van der Waals surface area contributed by atoms with E-state index >= 15 is 0 Å². The zero-order chi connectivity index (χ0) is 30.7. The molecule has 0 aliphatic carbocycles. The highest BCUT2D eigenvalue weighted by molar-refractivity contribution is 5.97. The minimum Gasteiger partial charge on any atom is -0.342 e. The largest absolute Gasteiger partial charge is 0.342 e. The number of rotatable bonds is 6. The van der Waals surface area contributed by atoms with E-state index in [1.807, 2.05) is 86.9 Å². The van der Waals surface area contributed by atoms with E-state index in [1.54, 1.807) is 21.0 Å². The third kappa shape index (κ3) is 8.19. The molecule has 2 fully saturated rings. The molecule has 4 atom stereocenters. The number of urea groups is 1. The Morgan fingerprint density at radius 2 is 1.51 bits per heavy atom. The topological polar surface area (TPSA) is 123 Å². The van der Waals surface area contributed by atoms with Crippen LogP contribution in [0.3, 0.4) is 0 Å². The minimum absolute atomic E-state index is 0.0308. The SMILES string of the molecule is CC.CNC(=O)N1CCC2C1CCN2C(=O)C(NC(=O)[C@H](C)NC)C(C)(C)C.O=CNc1cccc2ccccc12. The molecule has 0 bridgehead atoms. The van der Waals surface area contributed by atoms with E-state index in [4.69, 9.17) is 0 Å². The number of likely N-dealkylation sites (tertiary alicyclic amines) is 2.